The van der Waals surface area contributed by atoms with Crippen LogP contribution in [0.3, 0.4) is 0 Å². The topological polar surface area (TPSA) is 75.3 Å². The second-order valence-electron chi connectivity index (χ2n) is 5.37. The molecule has 0 aliphatic carbocycles. The third-order valence-corrected chi connectivity index (χ3v) is 4.82. The number of hydrogen-bond donors (Lipinski definition) is 2. The van der Waals surface area contributed by atoms with Gasteiger partial charge in [-0.25, -0.2) is 12.8 Å². The zero-order valence-electron chi connectivity index (χ0n) is 13.7. The SMILES string of the molecule is CS(=O)(=O)Nc1cccc(C(=O)NCCCSc2ccc(F)cc2)c1. The van der Waals surface area contributed by atoms with E-state index in [0.29, 0.717) is 17.8 Å². The first kappa shape index (κ1) is 19.3. The number of thioether (sulfide) groups is 1. The molecule has 2 N–H and O–H groups in total. The van der Waals surface area contributed by atoms with Gasteiger partial charge in [0.1, 0.15) is 5.82 Å². The van der Waals surface area contributed by atoms with Crippen LogP contribution in [0.15, 0.2) is 53.4 Å². The Morgan fingerprint density at radius 3 is 2.56 bits per heavy atom. The van der Waals surface area contributed by atoms with E-state index in [4.69, 9.17) is 0 Å². The highest BCUT2D eigenvalue weighted by molar-refractivity contribution is 7.99. The minimum atomic E-state index is -3.38. The highest BCUT2D eigenvalue weighted by Crippen LogP contribution is 2.18. The van der Waals surface area contributed by atoms with E-state index in [9.17, 15) is 17.6 Å². The number of benzene rings is 2. The fraction of sp³-hybridized carbons (Fsp3) is 0.235. The number of sulfonamides is 1. The summed E-state index contributed by atoms with van der Waals surface area (Å²) in [7, 11) is -3.38. The fourth-order valence-corrected chi connectivity index (χ4v) is 3.44. The number of hydrogen-bond acceptors (Lipinski definition) is 4. The molecule has 2 rings (SSSR count). The summed E-state index contributed by atoms with van der Waals surface area (Å²) in [5.41, 5.74) is 0.738. The molecule has 25 heavy (non-hydrogen) atoms. The zero-order chi connectivity index (χ0) is 18.3. The largest absolute Gasteiger partial charge is 0.352 e. The van der Waals surface area contributed by atoms with Crippen molar-refractivity contribution in [3.63, 3.8) is 0 Å². The molecule has 0 fully saturated rings. The third-order valence-electron chi connectivity index (χ3n) is 3.12. The first-order chi connectivity index (χ1) is 11.8. The van der Waals surface area contributed by atoms with E-state index < -0.39 is 10.0 Å². The minimum absolute atomic E-state index is 0.260. The van der Waals surface area contributed by atoms with Crippen molar-refractivity contribution in [1.82, 2.24) is 5.32 Å². The van der Waals surface area contributed by atoms with Gasteiger partial charge in [0.2, 0.25) is 10.0 Å². The van der Waals surface area contributed by atoms with Gasteiger partial charge in [0.05, 0.1) is 6.26 Å². The molecular weight excluding hydrogens is 363 g/mol. The summed E-state index contributed by atoms with van der Waals surface area (Å²) in [5.74, 6) is 0.273. The average Bonchev–Trinajstić information content (AvgIpc) is 2.55. The summed E-state index contributed by atoms with van der Waals surface area (Å²) in [6.45, 7) is 0.497. The lowest BCUT2D eigenvalue weighted by Crippen LogP contribution is -2.25. The first-order valence-electron chi connectivity index (χ1n) is 7.58. The summed E-state index contributed by atoms with van der Waals surface area (Å²) < 4.78 is 37.6. The monoisotopic (exact) mass is 382 g/mol. The number of carbonyl (C=O) groups excluding carboxylic acids is 1. The van der Waals surface area contributed by atoms with Gasteiger partial charge in [-0.05, 0) is 54.6 Å². The number of halogens is 1. The minimum Gasteiger partial charge on any atom is -0.352 e. The number of rotatable bonds is 8. The van der Waals surface area contributed by atoms with Crippen LogP contribution in [0.4, 0.5) is 10.1 Å². The molecule has 0 aliphatic heterocycles. The summed E-state index contributed by atoms with van der Waals surface area (Å²) in [4.78, 5) is 13.1. The standard InChI is InChI=1S/C17H19FN2O3S2/c1-25(22,23)20-15-5-2-4-13(12-15)17(21)19-10-3-11-24-16-8-6-14(18)7-9-16/h2,4-9,12,20H,3,10-11H2,1H3,(H,19,21). The first-order valence-corrected chi connectivity index (χ1v) is 10.5. The van der Waals surface area contributed by atoms with Crippen LogP contribution in [0.1, 0.15) is 16.8 Å². The molecule has 0 aliphatic rings. The maximum absolute atomic E-state index is 12.8. The summed E-state index contributed by atoms with van der Waals surface area (Å²) in [5, 5.41) is 2.79. The van der Waals surface area contributed by atoms with Crippen LogP contribution in [0.5, 0.6) is 0 Å². The van der Waals surface area contributed by atoms with Crippen molar-refractivity contribution in [2.45, 2.75) is 11.3 Å². The molecule has 0 unspecified atom stereocenters. The van der Waals surface area contributed by atoms with E-state index in [1.807, 2.05) is 0 Å². The molecule has 0 atom stereocenters. The second-order valence-corrected chi connectivity index (χ2v) is 8.28. The zero-order valence-corrected chi connectivity index (χ0v) is 15.3. The van der Waals surface area contributed by atoms with Crippen LogP contribution >= 0.6 is 11.8 Å². The van der Waals surface area contributed by atoms with E-state index in [1.54, 1.807) is 42.1 Å². The number of nitrogens with one attached hydrogen (secondary N) is 2. The Morgan fingerprint density at radius 2 is 1.88 bits per heavy atom. The Morgan fingerprint density at radius 1 is 1.16 bits per heavy atom. The molecule has 0 spiro atoms. The molecule has 0 bridgehead atoms. The molecule has 0 saturated heterocycles. The van der Waals surface area contributed by atoms with Gasteiger partial charge in [0.25, 0.3) is 5.91 Å². The highest BCUT2D eigenvalue weighted by atomic mass is 32.2. The lowest BCUT2D eigenvalue weighted by atomic mass is 10.2. The van der Waals surface area contributed by atoms with Gasteiger partial charge in [-0.2, -0.15) is 0 Å². The molecule has 2 aromatic rings. The summed E-state index contributed by atoms with van der Waals surface area (Å²) in [6.07, 6.45) is 1.81. The third kappa shape index (κ3) is 7.15. The molecule has 2 aromatic carbocycles. The Hall–Kier alpha value is -2.06. The van der Waals surface area contributed by atoms with Crippen molar-refractivity contribution in [2.75, 3.05) is 23.3 Å². The molecule has 5 nitrogen and oxygen atoms in total. The summed E-state index contributed by atoms with van der Waals surface area (Å²) in [6, 6.07) is 12.6. The Kier molecular flexibility index (Phi) is 6.83. The number of anilines is 1. The van der Waals surface area contributed by atoms with E-state index in [1.165, 1.54) is 18.2 Å². The van der Waals surface area contributed by atoms with Crippen molar-refractivity contribution >= 4 is 33.4 Å². The molecule has 134 valence electrons. The smallest absolute Gasteiger partial charge is 0.251 e. The van der Waals surface area contributed by atoms with Gasteiger partial charge in [0.15, 0.2) is 0 Å². The quantitative estimate of drug-likeness (QED) is 0.543. The van der Waals surface area contributed by atoms with Gasteiger partial charge in [-0.15, -0.1) is 11.8 Å². The van der Waals surface area contributed by atoms with Crippen LogP contribution in [0, 0.1) is 5.82 Å². The van der Waals surface area contributed by atoms with Crippen molar-refractivity contribution in [2.24, 2.45) is 0 Å². The molecule has 0 saturated carbocycles. The van der Waals surface area contributed by atoms with Crippen LogP contribution in [-0.4, -0.2) is 32.9 Å². The number of amides is 1. The molecule has 0 aromatic heterocycles. The van der Waals surface area contributed by atoms with Crippen molar-refractivity contribution in [3.8, 4) is 0 Å². The normalized spacial score (nSPS) is 11.1. The Bertz CT molecular complexity index is 824. The molecule has 0 radical (unpaired) electrons. The van der Waals surface area contributed by atoms with Crippen molar-refractivity contribution in [1.29, 1.82) is 0 Å². The Balaban J connectivity index is 1.76. The van der Waals surface area contributed by atoms with Gasteiger partial charge in [-0.3, -0.25) is 9.52 Å². The van der Waals surface area contributed by atoms with Crippen LogP contribution in [0.2, 0.25) is 0 Å². The molecular formula is C17H19FN2O3S2. The lowest BCUT2D eigenvalue weighted by Gasteiger charge is -2.08. The van der Waals surface area contributed by atoms with Crippen molar-refractivity contribution < 1.29 is 17.6 Å². The lowest BCUT2D eigenvalue weighted by molar-refractivity contribution is 0.0954. The molecule has 0 heterocycles. The van der Waals surface area contributed by atoms with Crippen LogP contribution in [0.25, 0.3) is 0 Å². The van der Waals surface area contributed by atoms with E-state index in [0.717, 1.165) is 23.3 Å². The second kappa shape index (κ2) is 8.87. The van der Waals surface area contributed by atoms with Gasteiger partial charge in [0, 0.05) is 22.7 Å². The molecule has 1 amide bonds. The van der Waals surface area contributed by atoms with E-state index >= 15 is 0 Å². The average molecular weight is 382 g/mol. The highest BCUT2D eigenvalue weighted by Gasteiger charge is 2.08. The van der Waals surface area contributed by atoms with Gasteiger partial charge in [-0.1, -0.05) is 6.07 Å². The van der Waals surface area contributed by atoms with Crippen LogP contribution in [-0.2, 0) is 10.0 Å². The fourth-order valence-electron chi connectivity index (χ4n) is 2.03. The maximum Gasteiger partial charge on any atom is 0.251 e. The number of carbonyl (C=O) groups is 1. The van der Waals surface area contributed by atoms with E-state index in [2.05, 4.69) is 10.0 Å². The summed E-state index contributed by atoms with van der Waals surface area (Å²) >= 11 is 1.59. The van der Waals surface area contributed by atoms with Gasteiger partial charge >= 0.3 is 0 Å². The predicted molar refractivity (Wildman–Crippen MR) is 99.0 cm³/mol. The Labute approximate surface area is 151 Å². The van der Waals surface area contributed by atoms with Crippen molar-refractivity contribution in [3.05, 3.63) is 59.9 Å². The van der Waals surface area contributed by atoms with Crippen LogP contribution < -0.4 is 10.0 Å². The van der Waals surface area contributed by atoms with E-state index in [-0.39, 0.29) is 11.7 Å². The maximum atomic E-state index is 12.8. The predicted octanol–water partition coefficient (Wildman–Crippen LogP) is 3.11. The molecule has 8 heteroatoms. The van der Waals surface area contributed by atoms with Gasteiger partial charge < -0.3 is 5.32 Å².